The van der Waals surface area contributed by atoms with Crippen molar-refractivity contribution >= 4 is 13.7 Å². The number of hydrogen-bond donors (Lipinski definition) is 3. The Labute approximate surface area is 322 Å². The molecule has 1 amide bonds. The molecule has 3 N–H and O–H groups in total. The number of allylic oxidation sites excluding steroid dienone is 3. The molecule has 0 aliphatic carbocycles. The molecular weight excluding hydrogens is 671 g/mol. The van der Waals surface area contributed by atoms with Gasteiger partial charge in [-0.05, 0) is 32.1 Å². The molecule has 1 unspecified atom stereocenters. The summed E-state index contributed by atoms with van der Waals surface area (Å²) in [6.07, 6.45) is 41.0. The summed E-state index contributed by atoms with van der Waals surface area (Å²) in [7, 11) is 1.56. The number of quaternary nitrogens is 1. The highest BCUT2D eigenvalue weighted by Gasteiger charge is 2.27. The highest BCUT2D eigenvalue weighted by molar-refractivity contribution is 7.47. The van der Waals surface area contributed by atoms with Crippen molar-refractivity contribution in [1.29, 1.82) is 0 Å². The van der Waals surface area contributed by atoms with E-state index in [4.69, 9.17) is 9.05 Å². The van der Waals surface area contributed by atoms with E-state index >= 15 is 0 Å². The Hall–Kier alpha value is -1.02. The number of nitrogens with zero attached hydrogens (tertiary/aromatic N) is 1. The first-order chi connectivity index (χ1) is 25.0. The van der Waals surface area contributed by atoms with Crippen LogP contribution in [0.2, 0.25) is 0 Å². The SMILES string of the molecule is CCCCCCCCCCCC/C=C/CC/C=C/[C@@H](O)[C@H](COP(=O)(O)OCC[N+](C)(C)C)NC(=O)CCCCCCCCCCCCCCCC. The second-order valence-electron chi connectivity index (χ2n) is 16.1. The Morgan fingerprint density at radius 2 is 1.06 bits per heavy atom. The fourth-order valence-electron chi connectivity index (χ4n) is 6.17. The number of carbonyl (C=O) groups excluding carboxylic acids is 1. The average molecular weight is 758 g/mol. The lowest BCUT2D eigenvalue weighted by Gasteiger charge is -2.25. The number of amides is 1. The van der Waals surface area contributed by atoms with Gasteiger partial charge >= 0.3 is 7.82 Å². The van der Waals surface area contributed by atoms with Crippen LogP contribution in [0.3, 0.4) is 0 Å². The second kappa shape index (κ2) is 35.7. The number of nitrogens with one attached hydrogen (secondary N) is 1. The van der Waals surface area contributed by atoms with Gasteiger partial charge in [-0.1, -0.05) is 179 Å². The number of unbranched alkanes of at least 4 members (excludes halogenated alkanes) is 24. The van der Waals surface area contributed by atoms with Crippen molar-refractivity contribution in [3.8, 4) is 0 Å². The second-order valence-corrected chi connectivity index (χ2v) is 17.5. The van der Waals surface area contributed by atoms with Crippen molar-refractivity contribution in [3.63, 3.8) is 0 Å². The molecule has 52 heavy (non-hydrogen) atoms. The largest absolute Gasteiger partial charge is 0.472 e. The highest BCUT2D eigenvalue weighted by atomic mass is 31.2. The third kappa shape index (κ3) is 37.3. The lowest BCUT2D eigenvalue weighted by Crippen LogP contribution is -2.45. The third-order valence-corrected chi connectivity index (χ3v) is 10.7. The summed E-state index contributed by atoms with van der Waals surface area (Å²) in [5.41, 5.74) is 0. The fourth-order valence-corrected chi connectivity index (χ4v) is 6.91. The minimum atomic E-state index is -4.34. The quantitative estimate of drug-likeness (QED) is 0.0250. The average Bonchev–Trinajstić information content (AvgIpc) is 3.09. The van der Waals surface area contributed by atoms with Crippen LogP contribution in [-0.4, -0.2) is 73.4 Å². The van der Waals surface area contributed by atoms with Crippen LogP contribution in [0.1, 0.15) is 194 Å². The number of rotatable bonds is 39. The zero-order chi connectivity index (χ0) is 38.6. The van der Waals surface area contributed by atoms with Gasteiger partial charge in [0.2, 0.25) is 5.91 Å². The summed E-state index contributed by atoms with van der Waals surface area (Å²) in [6.45, 7) is 4.79. The molecule has 3 atom stereocenters. The number of hydrogen-bond acceptors (Lipinski definition) is 5. The Balaban J connectivity index is 4.49. The first-order valence-corrected chi connectivity index (χ1v) is 23.2. The number of phosphoric ester groups is 1. The van der Waals surface area contributed by atoms with Crippen LogP contribution in [0.15, 0.2) is 24.3 Å². The predicted octanol–water partition coefficient (Wildman–Crippen LogP) is 11.7. The van der Waals surface area contributed by atoms with Crippen molar-refractivity contribution in [3.05, 3.63) is 24.3 Å². The van der Waals surface area contributed by atoms with Gasteiger partial charge < -0.3 is 19.8 Å². The number of aliphatic hydroxyl groups excluding tert-OH is 1. The first kappa shape index (κ1) is 51.0. The van der Waals surface area contributed by atoms with Crippen LogP contribution >= 0.6 is 7.82 Å². The Bertz CT molecular complexity index is 907. The molecule has 0 rings (SSSR count). The van der Waals surface area contributed by atoms with Gasteiger partial charge in [0.05, 0.1) is 39.9 Å². The minimum Gasteiger partial charge on any atom is -0.387 e. The summed E-state index contributed by atoms with van der Waals surface area (Å²) in [5, 5.41) is 13.8. The number of phosphoric acid groups is 1. The van der Waals surface area contributed by atoms with E-state index in [-0.39, 0.29) is 19.1 Å². The molecule has 0 aromatic carbocycles. The fraction of sp³-hybridized carbons (Fsp3) is 0.884. The van der Waals surface area contributed by atoms with Crippen molar-refractivity contribution < 1.29 is 32.9 Å². The van der Waals surface area contributed by atoms with E-state index in [2.05, 4.69) is 31.3 Å². The zero-order valence-corrected chi connectivity index (χ0v) is 35.7. The van der Waals surface area contributed by atoms with Crippen LogP contribution in [0.4, 0.5) is 0 Å². The van der Waals surface area contributed by atoms with Crippen LogP contribution in [-0.2, 0) is 18.4 Å². The van der Waals surface area contributed by atoms with Crippen molar-refractivity contribution in [2.24, 2.45) is 0 Å². The van der Waals surface area contributed by atoms with Gasteiger partial charge in [0.1, 0.15) is 13.2 Å². The molecule has 0 radical (unpaired) electrons. The number of aliphatic hydroxyl groups is 1. The molecular formula is C43H86N2O6P+. The van der Waals surface area contributed by atoms with Gasteiger partial charge in [0.25, 0.3) is 0 Å². The lowest BCUT2D eigenvalue weighted by atomic mass is 10.0. The van der Waals surface area contributed by atoms with Crippen LogP contribution in [0.5, 0.6) is 0 Å². The standard InChI is InChI=1S/C43H85N2O6P/c1-6-8-10-12-14-16-18-20-22-23-24-26-28-30-32-34-36-42(46)41(40-51-52(48,49)50-39-38-45(3,4)5)44-43(47)37-35-33-31-29-27-25-21-19-17-15-13-11-9-7-2/h26,28,34,36,41-42,46H,6-25,27,29-33,35,37-40H2,1-5H3,(H-,44,47,48,49)/p+1/b28-26+,36-34+/t41-,42+/m0/s1. The van der Waals surface area contributed by atoms with E-state index in [1.807, 2.05) is 27.2 Å². The molecule has 0 bridgehead atoms. The summed E-state index contributed by atoms with van der Waals surface area (Å²) < 4.78 is 23.5. The van der Waals surface area contributed by atoms with Crippen molar-refractivity contribution in [2.75, 3.05) is 40.9 Å². The van der Waals surface area contributed by atoms with Crippen LogP contribution in [0, 0.1) is 0 Å². The van der Waals surface area contributed by atoms with Gasteiger partial charge in [-0.15, -0.1) is 0 Å². The van der Waals surface area contributed by atoms with E-state index < -0.39 is 20.0 Å². The van der Waals surface area contributed by atoms with E-state index in [1.54, 1.807) is 6.08 Å². The predicted molar refractivity (Wildman–Crippen MR) is 221 cm³/mol. The van der Waals surface area contributed by atoms with Crippen LogP contribution < -0.4 is 5.32 Å². The molecule has 0 aromatic heterocycles. The normalized spacial score (nSPS) is 14.7. The Morgan fingerprint density at radius 3 is 1.54 bits per heavy atom. The van der Waals surface area contributed by atoms with Crippen LogP contribution in [0.25, 0.3) is 0 Å². The van der Waals surface area contributed by atoms with Gasteiger partial charge in [-0.3, -0.25) is 13.8 Å². The maximum Gasteiger partial charge on any atom is 0.472 e. The van der Waals surface area contributed by atoms with E-state index in [9.17, 15) is 19.4 Å². The smallest absolute Gasteiger partial charge is 0.387 e. The maximum atomic E-state index is 12.8. The van der Waals surface area contributed by atoms with Gasteiger partial charge in [0.15, 0.2) is 0 Å². The Morgan fingerprint density at radius 1 is 0.635 bits per heavy atom. The molecule has 0 fully saturated rings. The number of likely N-dealkylation sites (N-methyl/N-ethyl adjacent to an activating group) is 1. The zero-order valence-electron chi connectivity index (χ0n) is 34.8. The molecule has 0 aliphatic rings. The molecule has 0 saturated carbocycles. The lowest BCUT2D eigenvalue weighted by molar-refractivity contribution is -0.870. The van der Waals surface area contributed by atoms with Gasteiger partial charge in [-0.2, -0.15) is 0 Å². The molecule has 9 heteroatoms. The van der Waals surface area contributed by atoms with E-state index in [1.165, 1.54) is 135 Å². The summed E-state index contributed by atoms with van der Waals surface area (Å²) in [6, 6.07) is -0.857. The molecule has 0 spiro atoms. The summed E-state index contributed by atoms with van der Waals surface area (Å²) in [5.74, 6) is -0.186. The summed E-state index contributed by atoms with van der Waals surface area (Å²) >= 11 is 0. The maximum absolute atomic E-state index is 12.8. The van der Waals surface area contributed by atoms with Crippen molar-refractivity contribution in [2.45, 2.75) is 206 Å². The van der Waals surface area contributed by atoms with E-state index in [0.717, 1.165) is 38.5 Å². The van der Waals surface area contributed by atoms with Gasteiger partial charge in [0, 0.05) is 6.42 Å². The third-order valence-electron chi connectivity index (χ3n) is 9.67. The molecule has 0 aliphatic heterocycles. The molecule has 308 valence electrons. The van der Waals surface area contributed by atoms with Gasteiger partial charge in [-0.25, -0.2) is 4.57 Å². The molecule has 0 heterocycles. The molecule has 8 nitrogen and oxygen atoms in total. The number of carbonyl (C=O) groups is 1. The Kier molecular flexibility index (Phi) is 35.0. The first-order valence-electron chi connectivity index (χ1n) is 21.7. The monoisotopic (exact) mass is 758 g/mol. The highest BCUT2D eigenvalue weighted by Crippen LogP contribution is 2.43. The molecule has 0 saturated heterocycles. The molecule has 0 aromatic rings. The topological polar surface area (TPSA) is 105 Å². The van der Waals surface area contributed by atoms with Crippen molar-refractivity contribution in [1.82, 2.24) is 5.32 Å². The summed E-state index contributed by atoms with van der Waals surface area (Å²) in [4.78, 5) is 23.1. The van der Waals surface area contributed by atoms with E-state index in [0.29, 0.717) is 17.4 Å². The minimum absolute atomic E-state index is 0.0581.